The number of sulfone groups is 1. The molecule has 5 atom stereocenters. The van der Waals surface area contributed by atoms with Crippen molar-refractivity contribution in [1.29, 1.82) is 0 Å². The highest BCUT2D eigenvalue weighted by molar-refractivity contribution is 7.92. The van der Waals surface area contributed by atoms with E-state index in [9.17, 15) is 32.4 Å². The molecule has 0 spiro atoms. The van der Waals surface area contributed by atoms with Crippen LogP contribution in [0.3, 0.4) is 0 Å². The number of carbonyl (C=O) groups excluding carboxylic acids is 5. The van der Waals surface area contributed by atoms with E-state index in [1.807, 2.05) is 6.92 Å². The lowest BCUT2D eigenvalue weighted by molar-refractivity contribution is -0.146. The second-order valence-electron chi connectivity index (χ2n) is 18.7. The number of Topliss-reactive ketones (excluding diaryl/α,β-unsaturated/α-hetero) is 1. The van der Waals surface area contributed by atoms with E-state index in [1.165, 1.54) is 0 Å². The fourth-order valence-corrected chi connectivity index (χ4v) is 10.9. The second kappa shape index (κ2) is 15.2. The van der Waals surface area contributed by atoms with Crippen LogP contribution >= 0.6 is 0 Å². The first-order valence-corrected chi connectivity index (χ1v) is 21.6. The highest BCUT2D eigenvalue weighted by Crippen LogP contribution is 2.65. The first kappa shape index (κ1) is 40.5. The van der Waals surface area contributed by atoms with E-state index in [0.29, 0.717) is 38.3 Å². The molecule has 4 aliphatic carbocycles. The number of hydrogen-bond acceptors (Lipinski definition) is 7. The molecule has 0 radical (unpaired) electrons. The van der Waals surface area contributed by atoms with E-state index in [2.05, 4.69) is 35.1 Å². The molecule has 0 bridgehead atoms. The molecule has 4 N–H and O–H groups in total. The van der Waals surface area contributed by atoms with Gasteiger partial charge in [-0.15, -0.1) is 0 Å². The number of ketones is 1. The van der Waals surface area contributed by atoms with Crippen LogP contribution in [0.4, 0.5) is 4.79 Å². The molecule has 1 unspecified atom stereocenters. The van der Waals surface area contributed by atoms with Crippen LogP contribution in [0.15, 0.2) is 0 Å². The van der Waals surface area contributed by atoms with Gasteiger partial charge in [0.15, 0.2) is 9.84 Å². The number of urea groups is 1. The first-order valence-electron chi connectivity index (χ1n) is 20.0. The SMILES string of the molecule is CCNC(=O)C(=O)C(CCC1CC1)NC(=O)[C@@H]1[C@@H]2[C@H](CN1C(=O)[C@@H](NC(=O)NC1(CS(=O)(=O)C(C)(C)C)CCCCC1)C1(C)CCCCC1)C2(C)C. The van der Waals surface area contributed by atoms with E-state index in [4.69, 9.17) is 0 Å². The van der Waals surface area contributed by atoms with Crippen molar-refractivity contribution in [3.8, 4) is 0 Å². The third kappa shape index (κ3) is 8.65. The minimum absolute atomic E-state index is 0.0814. The summed E-state index contributed by atoms with van der Waals surface area (Å²) in [4.78, 5) is 70.8. The topological polar surface area (TPSA) is 171 Å². The van der Waals surface area contributed by atoms with Gasteiger partial charge in [0.2, 0.25) is 17.6 Å². The number of amides is 5. The van der Waals surface area contributed by atoms with Crippen LogP contribution < -0.4 is 21.3 Å². The number of hydrogen-bond donors (Lipinski definition) is 4. The highest BCUT2D eigenvalue weighted by Gasteiger charge is 2.70. The van der Waals surface area contributed by atoms with Gasteiger partial charge in [0, 0.05) is 13.1 Å². The summed E-state index contributed by atoms with van der Waals surface area (Å²) in [7, 11) is -3.56. The number of piperidine rings is 1. The average Bonchev–Trinajstić information content (AvgIpc) is 3.93. The third-order valence-corrected chi connectivity index (χ3v) is 16.1. The predicted molar refractivity (Wildman–Crippen MR) is 200 cm³/mol. The van der Waals surface area contributed by atoms with Gasteiger partial charge in [-0.05, 0) is 94.8 Å². The Kier molecular flexibility index (Phi) is 11.8. The first-order chi connectivity index (χ1) is 24.3. The van der Waals surface area contributed by atoms with Crippen molar-refractivity contribution in [1.82, 2.24) is 26.2 Å². The Balaban J connectivity index is 1.40. The smallest absolute Gasteiger partial charge is 0.315 e. The van der Waals surface area contributed by atoms with E-state index >= 15 is 0 Å². The summed E-state index contributed by atoms with van der Waals surface area (Å²) in [6, 6.07) is -3.33. The fourth-order valence-electron chi connectivity index (χ4n) is 9.42. The van der Waals surface area contributed by atoms with Gasteiger partial charge in [0.25, 0.3) is 5.91 Å². The molecule has 0 aromatic heterocycles. The van der Waals surface area contributed by atoms with Crippen molar-refractivity contribution in [2.24, 2.45) is 28.6 Å². The van der Waals surface area contributed by atoms with Crippen molar-refractivity contribution in [3.63, 3.8) is 0 Å². The van der Waals surface area contributed by atoms with Crippen LogP contribution in [0.2, 0.25) is 0 Å². The van der Waals surface area contributed by atoms with Crippen molar-refractivity contribution >= 4 is 39.4 Å². The molecule has 12 nitrogen and oxygen atoms in total. The van der Waals surface area contributed by atoms with Gasteiger partial charge >= 0.3 is 6.03 Å². The molecule has 5 fully saturated rings. The van der Waals surface area contributed by atoms with Crippen LogP contribution in [0, 0.1) is 28.6 Å². The summed E-state index contributed by atoms with van der Waals surface area (Å²) in [5, 5.41) is 11.6. The zero-order valence-corrected chi connectivity index (χ0v) is 33.5. The Hall–Kier alpha value is -2.70. The molecule has 1 heterocycles. The summed E-state index contributed by atoms with van der Waals surface area (Å²) in [5.41, 5.74) is -1.70. The van der Waals surface area contributed by atoms with Gasteiger partial charge in [-0.3, -0.25) is 19.2 Å². The van der Waals surface area contributed by atoms with Crippen LogP contribution in [0.25, 0.3) is 0 Å². The lowest BCUT2D eigenvalue weighted by Gasteiger charge is -2.44. The Morgan fingerprint density at radius 1 is 0.865 bits per heavy atom. The maximum atomic E-state index is 14.9. The van der Waals surface area contributed by atoms with Crippen molar-refractivity contribution in [2.75, 3.05) is 18.8 Å². The van der Waals surface area contributed by atoms with Gasteiger partial charge in [-0.1, -0.05) is 72.1 Å². The van der Waals surface area contributed by atoms with Crippen LogP contribution in [-0.2, 0) is 29.0 Å². The molecule has 294 valence electrons. The summed E-state index contributed by atoms with van der Waals surface area (Å²) < 4.78 is 25.9. The monoisotopic (exact) mass is 747 g/mol. The molecule has 5 amide bonds. The van der Waals surface area contributed by atoms with Gasteiger partial charge < -0.3 is 26.2 Å². The van der Waals surface area contributed by atoms with Crippen molar-refractivity contribution in [3.05, 3.63) is 0 Å². The van der Waals surface area contributed by atoms with Crippen LogP contribution in [-0.4, -0.2) is 90.1 Å². The zero-order valence-electron chi connectivity index (χ0n) is 32.7. The Labute approximate surface area is 311 Å². The van der Waals surface area contributed by atoms with Gasteiger partial charge in [-0.25, -0.2) is 13.2 Å². The molecule has 5 rings (SSSR count). The third-order valence-electron chi connectivity index (χ3n) is 13.3. The number of fused-ring (bicyclic) bond motifs is 1. The standard InChI is InChI=1S/C39H65N5O7S/c1-8-40-33(47)30(45)27(18-17-25-15-16-25)41-32(46)29-28-26(37(28,5)6)23-44(29)34(48)31(38(7)19-11-9-12-20-38)42-35(49)43-39(21-13-10-14-22-39)24-52(50,51)36(2,3)4/h25-29,31H,8-24H2,1-7H3,(H,40,47)(H,41,46)(H2,42,43,49)/t26-,27?,28-,29-,31+/m0/s1. The quantitative estimate of drug-likeness (QED) is 0.191. The molecular weight excluding hydrogens is 683 g/mol. The number of carbonyl (C=O) groups is 5. The molecule has 0 aromatic rings. The molecule has 13 heteroatoms. The molecule has 1 saturated heterocycles. The number of nitrogens with one attached hydrogen (secondary N) is 4. The van der Waals surface area contributed by atoms with Crippen LogP contribution in [0.1, 0.15) is 138 Å². The van der Waals surface area contributed by atoms with E-state index < -0.39 is 67.3 Å². The van der Waals surface area contributed by atoms with Crippen LogP contribution in [0.5, 0.6) is 0 Å². The van der Waals surface area contributed by atoms with Gasteiger partial charge in [-0.2, -0.15) is 0 Å². The lowest BCUT2D eigenvalue weighted by atomic mass is 9.70. The van der Waals surface area contributed by atoms with E-state index in [-0.39, 0.29) is 28.9 Å². The minimum Gasteiger partial charge on any atom is -0.350 e. The summed E-state index contributed by atoms with van der Waals surface area (Å²) >= 11 is 0. The highest BCUT2D eigenvalue weighted by atomic mass is 32.2. The van der Waals surface area contributed by atoms with Gasteiger partial charge in [0.1, 0.15) is 12.1 Å². The van der Waals surface area contributed by atoms with E-state index in [0.717, 1.165) is 70.6 Å². The number of likely N-dealkylation sites (N-methyl/N-ethyl adjacent to an activating group) is 1. The number of likely N-dealkylation sites (tertiary alicyclic amines) is 1. The summed E-state index contributed by atoms with van der Waals surface area (Å²) in [6.07, 6.45) is 11.2. The normalized spacial score (nSPS) is 27.4. The largest absolute Gasteiger partial charge is 0.350 e. The zero-order chi connectivity index (χ0) is 38.3. The van der Waals surface area contributed by atoms with Crippen molar-refractivity contribution < 1.29 is 32.4 Å². The number of rotatable bonds is 14. The molecule has 4 saturated carbocycles. The van der Waals surface area contributed by atoms with Crippen molar-refractivity contribution in [2.45, 2.75) is 167 Å². The maximum absolute atomic E-state index is 14.9. The van der Waals surface area contributed by atoms with Gasteiger partial charge in [0.05, 0.1) is 22.1 Å². The van der Waals surface area contributed by atoms with E-state index in [1.54, 1.807) is 32.6 Å². The maximum Gasteiger partial charge on any atom is 0.315 e. The molecular formula is C39H65N5O7S. The average molecular weight is 748 g/mol. The molecule has 0 aromatic carbocycles. The lowest BCUT2D eigenvalue weighted by Crippen LogP contribution is -2.65. The second-order valence-corrected chi connectivity index (χ2v) is 21.4. The summed E-state index contributed by atoms with van der Waals surface area (Å²) in [5.74, 6) is -1.87. The molecule has 1 aliphatic heterocycles. The summed E-state index contributed by atoms with van der Waals surface area (Å²) in [6.45, 7) is 13.6. The fraction of sp³-hybridized carbons (Fsp3) is 0.872. The Morgan fingerprint density at radius 2 is 1.46 bits per heavy atom. The minimum atomic E-state index is -3.56. The molecule has 52 heavy (non-hydrogen) atoms. The predicted octanol–water partition coefficient (Wildman–Crippen LogP) is 4.40. The Morgan fingerprint density at radius 3 is 2.02 bits per heavy atom. The molecule has 5 aliphatic rings. The number of nitrogens with zero attached hydrogens (tertiary/aromatic N) is 1. The Bertz CT molecular complexity index is 1490.